The van der Waals surface area contributed by atoms with Crippen LogP contribution in [0.3, 0.4) is 0 Å². The molecule has 0 aliphatic carbocycles. The number of fused-ring (bicyclic) bond motifs is 1. The van der Waals surface area contributed by atoms with Crippen LogP contribution in [0.4, 0.5) is 5.13 Å². The van der Waals surface area contributed by atoms with E-state index in [1.807, 2.05) is 18.2 Å². The molecule has 0 saturated carbocycles. The van der Waals surface area contributed by atoms with Gasteiger partial charge >= 0.3 is 0 Å². The van der Waals surface area contributed by atoms with E-state index in [1.165, 1.54) is 4.88 Å². The van der Waals surface area contributed by atoms with E-state index >= 15 is 0 Å². The van der Waals surface area contributed by atoms with Crippen molar-refractivity contribution < 1.29 is 19.1 Å². The molecule has 8 nitrogen and oxygen atoms in total. The van der Waals surface area contributed by atoms with Crippen LogP contribution in [-0.2, 0) is 29.0 Å². The van der Waals surface area contributed by atoms with E-state index in [1.54, 1.807) is 30.5 Å². The normalized spacial score (nSPS) is 18.5. The maximum absolute atomic E-state index is 12.8. The number of benzene rings is 1. The summed E-state index contributed by atoms with van der Waals surface area (Å²) in [6, 6.07) is 5.76. The molecule has 0 spiro atoms. The first-order chi connectivity index (χ1) is 15.5. The number of anilines is 1. The minimum atomic E-state index is -0.346. The summed E-state index contributed by atoms with van der Waals surface area (Å²) in [5.41, 5.74) is 2.15. The topological polar surface area (TPSA) is 84.0 Å². The molecule has 2 amide bonds. The third-order valence-electron chi connectivity index (χ3n) is 6.19. The van der Waals surface area contributed by atoms with Gasteiger partial charge in [0.15, 0.2) is 16.6 Å². The van der Waals surface area contributed by atoms with Crippen molar-refractivity contribution in [1.82, 2.24) is 14.8 Å². The first-order valence-corrected chi connectivity index (χ1v) is 11.8. The summed E-state index contributed by atoms with van der Waals surface area (Å²) in [6.45, 7) is 6.08. The van der Waals surface area contributed by atoms with Gasteiger partial charge in [-0.2, -0.15) is 0 Å². The van der Waals surface area contributed by atoms with Gasteiger partial charge in [-0.05, 0) is 30.7 Å². The second kappa shape index (κ2) is 9.87. The first kappa shape index (κ1) is 22.5. The Morgan fingerprint density at radius 3 is 2.84 bits per heavy atom. The fourth-order valence-electron chi connectivity index (χ4n) is 4.24. The number of carbonyl (C=O) groups excluding carboxylic acids is 2. The number of ether oxygens (including phenoxy) is 2. The Morgan fingerprint density at radius 2 is 2.09 bits per heavy atom. The smallest absolute Gasteiger partial charge is 0.231 e. The second-order valence-electron chi connectivity index (χ2n) is 8.18. The molecule has 2 aliphatic heterocycles. The van der Waals surface area contributed by atoms with Crippen molar-refractivity contribution in [3.8, 4) is 11.5 Å². The van der Waals surface area contributed by atoms with Gasteiger partial charge in [0.05, 0.1) is 25.8 Å². The second-order valence-corrected chi connectivity index (χ2v) is 9.26. The van der Waals surface area contributed by atoms with Crippen molar-refractivity contribution >= 4 is 28.3 Å². The highest BCUT2D eigenvalue weighted by molar-refractivity contribution is 7.15. The van der Waals surface area contributed by atoms with Crippen molar-refractivity contribution in [2.75, 3.05) is 45.7 Å². The molecule has 0 unspecified atom stereocenters. The third-order valence-corrected chi connectivity index (χ3v) is 7.19. The Hall–Kier alpha value is -2.65. The molecule has 1 aromatic heterocycles. The molecule has 3 heterocycles. The lowest BCUT2D eigenvalue weighted by atomic mass is 10.1. The van der Waals surface area contributed by atoms with Gasteiger partial charge in [0, 0.05) is 43.9 Å². The lowest BCUT2D eigenvalue weighted by molar-refractivity contribution is -0.128. The molecule has 1 aromatic carbocycles. The fourth-order valence-corrected chi connectivity index (χ4v) is 5.30. The number of hydrogen-bond acceptors (Lipinski definition) is 7. The Kier molecular flexibility index (Phi) is 6.95. The van der Waals surface area contributed by atoms with Crippen LogP contribution in [0.5, 0.6) is 11.5 Å². The average Bonchev–Trinajstić information content (AvgIpc) is 3.39. The van der Waals surface area contributed by atoms with Gasteiger partial charge in [0.25, 0.3) is 0 Å². The lowest BCUT2D eigenvalue weighted by Crippen LogP contribution is -2.30. The summed E-state index contributed by atoms with van der Waals surface area (Å²) in [5, 5.41) is 3.60. The molecule has 172 valence electrons. The van der Waals surface area contributed by atoms with E-state index in [-0.39, 0.29) is 24.2 Å². The molecule has 1 fully saturated rings. The number of nitrogens with zero attached hydrogens (tertiary/aromatic N) is 3. The van der Waals surface area contributed by atoms with Crippen molar-refractivity contribution in [2.45, 2.75) is 32.7 Å². The molecule has 2 aromatic rings. The van der Waals surface area contributed by atoms with Gasteiger partial charge < -0.3 is 19.7 Å². The summed E-state index contributed by atoms with van der Waals surface area (Å²) < 4.78 is 10.6. The van der Waals surface area contributed by atoms with Gasteiger partial charge in [-0.3, -0.25) is 14.5 Å². The first-order valence-electron chi connectivity index (χ1n) is 11.0. The standard InChI is InChI=1S/C23H30N4O4S/c1-4-26-9-8-17-20(14-26)32-23(24-17)25-22(29)16-12-21(28)27(13-16)10-7-15-5-6-18(30-2)19(11-15)31-3/h5-6,11,16H,4,7-10,12-14H2,1-3H3,(H,24,25,29)/t16-/m0/s1. The quantitative estimate of drug-likeness (QED) is 0.655. The number of carbonyl (C=O) groups is 2. The van der Waals surface area contributed by atoms with Gasteiger partial charge in [-0.25, -0.2) is 4.98 Å². The highest BCUT2D eigenvalue weighted by Crippen LogP contribution is 2.30. The molecule has 9 heteroatoms. The number of hydrogen-bond donors (Lipinski definition) is 1. The molecule has 1 saturated heterocycles. The molecule has 0 radical (unpaired) electrons. The Morgan fingerprint density at radius 1 is 1.28 bits per heavy atom. The summed E-state index contributed by atoms with van der Waals surface area (Å²) in [4.78, 5) is 35.3. The van der Waals surface area contributed by atoms with Gasteiger partial charge in [-0.15, -0.1) is 11.3 Å². The largest absolute Gasteiger partial charge is 0.493 e. The van der Waals surface area contributed by atoms with Crippen molar-refractivity contribution in [3.05, 3.63) is 34.3 Å². The SMILES string of the molecule is CCN1CCc2nc(NC(=O)[C@H]3CC(=O)N(CCc4ccc(OC)c(OC)c4)C3)sc2C1. The van der Waals surface area contributed by atoms with Crippen LogP contribution in [0.25, 0.3) is 0 Å². The van der Waals surface area contributed by atoms with Crippen molar-refractivity contribution in [2.24, 2.45) is 5.92 Å². The highest BCUT2D eigenvalue weighted by atomic mass is 32.1. The zero-order valence-electron chi connectivity index (χ0n) is 18.8. The maximum atomic E-state index is 12.8. The molecule has 1 atom stereocenters. The van der Waals surface area contributed by atoms with Crippen LogP contribution in [-0.4, -0.2) is 67.0 Å². The van der Waals surface area contributed by atoms with E-state index < -0.39 is 0 Å². The van der Waals surface area contributed by atoms with Crippen LogP contribution in [0.15, 0.2) is 18.2 Å². The predicted octanol–water partition coefficient (Wildman–Crippen LogP) is 2.57. The van der Waals surface area contributed by atoms with Gasteiger partial charge in [0.1, 0.15) is 0 Å². The third kappa shape index (κ3) is 4.88. The number of rotatable bonds is 8. The van der Waals surface area contributed by atoms with E-state index in [0.717, 1.165) is 37.3 Å². The van der Waals surface area contributed by atoms with Crippen LogP contribution in [0.1, 0.15) is 29.5 Å². The number of nitrogens with one attached hydrogen (secondary N) is 1. The molecular weight excluding hydrogens is 428 g/mol. The van der Waals surface area contributed by atoms with Gasteiger partial charge in [0.2, 0.25) is 11.8 Å². The monoisotopic (exact) mass is 458 g/mol. The highest BCUT2D eigenvalue weighted by Gasteiger charge is 2.34. The summed E-state index contributed by atoms with van der Waals surface area (Å²) >= 11 is 1.55. The molecular formula is C23H30N4O4S. The minimum absolute atomic E-state index is 0.0163. The fraction of sp³-hybridized carbons (Fsp3) is 0.522. The minimum Gasteiger partial charge on any atom is -0.493 e. The zero-order valence-corrected chi connectivity index (χ0v) is 19.7. The van der Waals surface area contributed by atoms with Crippen molar-refractivity contribution in [1.29, 1.82) is 0 Å². The number of methoxy groups -OCH3 is 2. The van der Waals surface area contributed by atoms with Crippen molar-refractivity contribution in [3.63, 3.8) is 0 Å². The number of amides is 2. The Labute approximate surface area is 192 Å². The maximum Gasteiger partial charge on any atom is 0.231 e. The molecule has 32 heavy (non-hydrogen) atoms. The number of likely N-dealkylation sites (tertiary alicyclic amines) is 1. The van der Waals surface area contributed by atoms with Crippen LogP contribution in [0.2, 0.25) is 0 Å². The number of aromatic nitrogens is 1. The lowest BCUT2D eigenvalue weighted by Gasteiger charge is -2.23. The molecule has 2 aliphatic rings. The molecule has 0 bridgehead atoms. The summed E-state index contributed by atoms with van der Waals surface area (Å²) in [6.07, 6.45) is 1.85. The Bertz CT molecular complexity index is 992. The van der Waals surface area contributed by atoms with Gasteiger partial charge in [-0.1, -0.05) is 13.0 Å². The molecule has 4 rings (SSSR count). The van der Waals surface area contributed by atoms with Crippen LogP contribution >= 0.6 is 11.3 Å². The van der Waals surface area contributed by atoms with E-state index in [0.29, 0.717) is 36.1 Å². The number of likely N-dealkylation sites (N-methyl/N-ethyl adjacent to an activating group) is 1. The predicted molar refractivity (Wildman–Crippen MR) is 123 cm³/mol. The van der Waals surface area contributed by atoms with E-state index in [2.05, 4.69) is 22.1 Å². The number of thiazole rings is 1. The zero-order chi connectivity index (χ0) is 22.7. The summed E-state index contributed by atoms with van der Waals surface area (Å²) in [7, 11) is 3.21. The van der Waals surface area contributed by atoms with Crippen LogP contribution in [0, 0.1) is 5.92 Å². The van der Waals surface area contributed by atoms with E-state index in [9.17, 15) is 9.59 Å². The summed E-state index contributed by atoms with van der Waals surface area (Å²) in [5.74, 6) is 0.897. The molecule has 1 N–H and O–H groups in total. The van der Waals surface area contributed by atoms with Crippen LogP contribution < -0.4 is 14.8 Å². The van der Waals surface area contributed by atoms with E-state index in [4.69, 9.17) is 9.47 Å². The Balaban J connectivity index is 1.32. The average molecular weight is 459 g/mol.